The van der Waals surface area contributed by atoms with Crippen molar-refractivity contribution >= 4 is 29.0 Å². The van der Waals surface area contributed by atoms with Crippen molar-refractivity contribution in [3.8, 4) is 16.9 Å². The van der Waals surface area contributed by atoms with Crippen LogP contribution in [-0.2, 0) is 0 Å². The Morgan fingerprint density at radius 3 is 2.80 bits per heavy atom. The van der Waals surface area contributed by atoms with E-state index >= 15 is 0 Å². The molecule has 1 aromatic carbocycles. The topological polar surface area (TPSA) is 78.0 Å². The Balaban J connectivity index is 1.60. The summed E-state index contributed by atoms with van der Waals surface area (Å²) in [4.78, 5) is 4.18. The molecule has 6 nitrogen and oxygen atoms in total. The molecular formula is C20H19Cl2F2N5O. The summed E-state index contributed by atoms with van der Waals surface area (Å²) in [6.45, 7) is 2.51. The molecule has 0 aliphatic carbocycles. The number of rotatable bonds is 5. The Labute approximate surface area is 181 Å². The summed E-state index contributed by atoms with van der Waals surface area (Å²) < 4.78 is 35.4. The Hall–Kier alpha value is -2.42. The number of nitrogens with two attached hydrogens (primary N) is 1. The third-order valence-electron chi connectivity index (χ3n) is 5.06. The van der Waals surface area contributed by atoms with Crippen LogP contribution in [0.4, 0.5) is 14.6 Å². The van der Waals surface area contributed by atoms with Gasteiger partial charge in [-0.3, -0.25) is 4.68 Å². The third-order valence-corrected chi connectivity index (χ3v) is 5.77. The van der Waals surface area contributed by atoms with E-state index in [1.54, 1.807) is 36.3 Å². The molecule has 0 spiro atoms. The highest BCUT2D eigenvalue weighted by atomic mass is 35.5. The van der Waals surface area contributed by atoms with Gasteiger partial charge in [0, 0.05) is 47.2 Å². The number of hydrogen-bond donors (Lipinski definition) is 2. The van der Waals surface area contributed by atoms with Gasteiger partial charge >= 0.3 is 0 Å². The Morgan fingerprint density at radius 1 is 1.27 bits per heavy atom. The van der Waals surface area contributed by atoms with E-state index in [2.05, 4.69) is 15.4 Å². The van der Waals surface area contributed by atoms with Crippen LogP contribution in [0.25, 0.3) is 11.1 Å². The summed E-state index contributed by atoms with van der Waals surface area (Å²) in [6.07, 6.45) is 3.29. The summed E-state index contributed by atoms with van der Waals surface area (Å²) >= 11 is 12.3. The zero-order valence-electron chi connectivity index (χ0n) is 15.9. The van der Waals surface area contributed by atoms with Crippen molar-refractivity contribution in [3.05, 3.63) is 58.2 Å². The minimum atomic E-state index is -0.997. The number of ether oxygens (including phenoxy) is 1. The van der Waals surface area contributed by atoms with Crippen LogP contribution in [0.3, 0.4) is 0 Å². The molecule has 3 heterocycles. The van der Waals surface area contributed by atoms with Gasteiger partial charge in [-0.1, -0.05) is 23.2 Å². The van der Waals surface area contributed by atoms with E-state index < -0.39 is 18.1 Å². The normalized spacial score (nSPS) is 19.8. The Kier molecular flexibility index (Phi) is 5.81. The number of benzene rings is 1. The SMILES string of the molecule is CC(Oc1cc(-c2cnn(C3CNCC3F)c2)cnc1N)c1c(Cl)ccc(F)c1Cl. The number of nitrogen functional groups attached to an aromatic ring is 1. The van der Waals surface area contributed by atoms with Gasteiger partial charge in [0.05, 0.1) is 17.3 Å². The number of pyridine rings is 1. The Bertz CT molecular complexity index is 1080. The van der Waals surface area contributed by atoms with Crippen molar-refractivity contribution in [3.63, 3.8) is 0 Å². The monoisotopic (exact) mass is 453 g/mol. The van der Waals surface area contributed by atoms with Gasteiger partial charge < -0.3 is 15.8 Å². The predicted molar refractivity (Wildman–Crippen MR) is 112 cm³/mol. The number of aromatic nitrogens is 3. The molecular weight excluding hydrogens is 435 g/mol. The molecule has 0 amide bonds. The fourth-order valence-corrected chi connectivity index (χ4v) is 4.11. The number of hydrogen-bond acceptors (Lipinski definition) is 5. The van der Waals surface area contributed by atoms with E-state index in [9.17, 15) is 8.78 Å². The lowest BCUT2D eigenvalue weighted by Crippen LogP contribution is -2.18. The lowest BCUT2D eigenvalue weighted by atomic mass is 10.1. The van der Waals surface area contributed by atoms with Crippen LogP contribution in [0.1, 0.15) is 24.6 Å². The van der Waals surface area contributed by atoms with E-state index in [0.29, 0.717) is 24.2 Å². The summed E-state index contributed by atoms with van der Waals surface area (Å²) in [5.74, 6) is -0.146. The zero-order chi connectivity index (χ0) is 21.4. The van der Waals surface area contributed by atoms with Gasteiger partial charge in [-0.05, 0) is 25.1 Å². The molecule has 2 aromatic heterocycles. The first-order valence-corrected chi connectivity index (χ1v) is 10.1. The summed E-state index contributed by atoms with van der Waals surface area (Å²) in [7, 11) is 0. The fraction of sp³-hybridized carbons (Fsp3) is 0.300. The van der Waals surface area contributed by atoms with E-state index in [1.807, 2.05) is 0 Å². The summed E-state index contributed by atoms with van der Waals surface area (Å²) in [5, 5.41) is 7.46. The molecule has 10 heteroatoms. The van der Waals surface area contributed by atoms with Crippen LogP contribution < -0.4 is 15.8 Å². The van der Waals surface area contributed by atoms with Gasteiger partial charge in [0.1, 0.15) is 18.1 Å². The van der Waals surface area contributed by atoms with Crippen LogP contribution in [0.5, 0.6) is 5.75 Å². The Morgan fingerprint density at radius 2 is 2.07 bits per heavy atom. The molecule has 0 saturated carbocycles. The van der Waals surface area contributed by atoms with E-state index in [0.717, 1.165) is 5.56 Å². The summed E-state index contributed by atoms with van der Waals surface area (Å²) in [5.41, 5.74) is 7.71. The molecule has 30 heavy (non-hydrogen) atoms. The van der Waals surface area contributed by atoms with Crippen molar-refractivity contribution in [2.24, 2.45) is 0 Å². The third kappa shape index (κ3) is 3.95. The highest BCUT2D eigenvalue weighted by Crippen LogP contribution is 2.37. The van der Waals surface area contributed by atoms with E-state index in [4.69, 9.17) is 33.7 Å². The molecule has 1 fully saturated rings. The first kappa shape index (κ1) is 20.8. The van der Waals surface area contributed by atoms with Crippen LogP contribution in [-0.4, -0.2) is 34.0 Å². The largest absolute Gasteiger partial charge is 0.482 e. The maximum atomic E-state index is 14.0. The van der Waals surface area contributed by atoms with Crippen molar-refractivity contribution in [1.82, 2.24) is 20.1 Å². The van der Waals surface area contributed by atoms with Gasteiger partial charge in [-0.15, -0.1) is 0 Å². The van der Waals surface area contributed by atoms with Crippen molar-refractivity contribution in [1.29, 1.82) is 0 Å². The maximum Gasteiger partial charge on any atom is 0.166 e. The molecule has 0 radical (unpaired) electrons. The zero-order valence-corrected chi connectivity index (χ0v) is 17.5. The van der Waals surface area contributed by atoms with Crippen LogP contribution in [0, 0.1) is 5.82 Å². The molecule has 3 unspecified atom stereocenters. The second-order valence-corrected chi connectivity index (χ2v) is 7.86. The van der Waals surface area contributed by atoms with Crippen LogP contribution >= 0.6 is 23.2 Å². The average molecular weight is 454 g/mol. The molecule has 3 aromatic rings. The number of halogens is 4. The highest BCUT2D eigenvalue weighted by molar-refractivity contribution is 6.36. The van der Waals surface area contributed by atoms with Gasteiger partial charge in [-0.2, -0.15) is 5.10 Å². The van der Waals surface area contributed by atoms with Gasteiger partial charge in [0.15, 0.2) is 11.6 Å². The smallest absolute Gasteiger partial charge is 0.166 e. The number of alkyl halides is 1. The minimum Gasteiger partial charge on any atom is -0.482 e. The average Bonchev–Trinajstić information content (AvgIpc) is 3.35. The van der Waals surface area contributed by atoms with Gasteiger partial charge in [-0.25, -0.2) is 13.8 Å². The van der Waals surface area contributed by atoms with Crippen LogP contribution in [0.2, 0.25) is 10.0 Å². The molecule has 3 atom stereocenters. The van der Waals surface area contributed by atoms with Crippen LogP contribution in [0.15, 0.2) is 36.8 Å². The van der Waals surface area contributed by atoms with Gasteiger partial charge in [0.25, 0.3) is 0 Å². The molecule has 1 aliphatic heterocycles. The lowest BCUT2D eigenvalue weighted by Gasteiger charge is -2.19. The quantitative estimate of drug-likeness (QED) is 0.552. The molecule has 0 bridgehead atoms. The van der Waals surface area contributed by atoms with Gasteiger partial charge in [0.2, 0.25) is 0 Å². The second-order valence-electron chi connectivity index (χ2n) is 7.07. The number of nitrogens with one attached hydrogen (secondary N) is 1. The van der Waals surface area contributed by atoms with Crippen molar-refractivity contribution < 1.29 is 13.5 Å². The summed E-state index contributed by atoms with van der Waals surface area (Å²) in [6, 6.07) is 3.95. The molecule has 3 N–H and O–H groups in total. The van der Waals surface area contributed by atoms with Crippen molar-refractivity contribution in [2.45, 2.75) is 25.2 Å². The second kappa shape index (κ2) is 8.37. The first-order chi connectivity index (χ1) is 14.3. The lowest BCUT2D eigenvalue weighted by molar-refractivity contribution is 0.227. The molecule has 1 saturated heterocycles. The molecule has 158 valence electrons. The van der Waals surface area contributed by atoms with Crippen molar-refractivity contribution in [2.75, 3.05) is 18.8 Å². The minimum absolute atomic E-state index is 0.107. The molecule has 4 rings (SSSR count). The maximum absolute atomic E-state index is 14.0. The fourth-order valence-electron chi connectivity index (χ4n) is 3.43. The molecule has 1 aliphatic rings. The van der Waals surface area contributed by atoms with E-state index in [-0.39, 0.29) is 27.7 Å². The number of nitrogens with zero attached hydrogens (tertiary/aromatic N) is 3. The van der Waals surface area contributed by atoms with E-state index in [1.165, 1.54) is 12.1 Å². The number of anilines is 1. The highest BCUT2D eigenvalue weighted by Gasteiger charge is 2.29. The first-order valence-electron chi connectivity index (χ1n) is 9.30. The predicted octanol–water partition coefficient (Wildman–Crippen LogP) is 4.60. The standard InChI is InChI=1S/C20H19Cl2F2N5O/c1-10(18-13(21)2-3-14(23)19(18)22)30-17-4-11(5-27-20(17)25)12-6-28-29(9-12)16-8-26-7-15(16)24/h2-6,9-10,15-16,26H,7-8H2,1H3,(H2,25,27).